The number of ether oxygens (including phenoxy) is 1. The summed E-state index contributed by atoms with van der Waals surface area (Å²) in [5, 5.41) is 0. The molecule has 0 aliphatic carbocycles. The van der Waals surface area contributed by atoms with Crippen LogP contribution in [-0.4, -0.2) is 17.1 Å². The van der Waals surface area contributed by atoms with Crippen LogP contribution in [0.2, 0.25) is 0 Å². The maximum Gasteiger partial charge on any atom is 0.119 e. The first-order valence-electron chi connectivity index (χ1n) is 4.58. The fourth-order valence-electron chi connectivity index (χ4n) is 1.44. The molecule has 0 unspecified atom stereocenters. The minimum Gasteiger partial charge on any atom is -0.497 e. The maximum absolute atomic E-state index is 5.79. The molecule has 0 fully saturated rings. The Morgan fingerprint density at radius 2 is 2.25 bits per heavy atom. The second-order valence-corrected chi connectivity index (χ2v) is 3.36. The molecule has 16 heavy (non-hydrogen) atoms. The van der Waals surface area contributed by atoms with Crippen molar-refractivity contribution >= 4 is 24.0 Å². The first-order valence-corrected chi connectivity index (χ1v) is 5.11. The van der Waals surface area contributed by atoms with E-state index in [1.807, 2.05) is 24.3 Å². The number of nitrogens with zero attached hydrogens (tertiary/aromatic N) is 1. The highest BCUT2D eigenvalue weighted by atomic mass is 35.5. The summed E-state index contributed by atoms with van der Waals surface area (Å²) in [7, 11) is 1.64. The molecule has 86 valence electrons. The predicted molar refractivity (Wildman–Crippen MR) is 67.4 cm³/mol. The van der Waals surface area contributed by atoms with Gasteiger partial charge in [-0.25, -0.2) is 4.98 Å². The van der Waals surface area contributed by atoms with Gasteiger partial charge in [-0.3, -0.25) is 0 Å². The van der Waals surface area contributed by atoms with Crippen LogP contribution in [0.15, 0.2) is 30.6 Å². The molecule has 0 aliphatic rings. The van der Waals surface area contributed by atoms with E-state index in [1.54, 1.807) is 13.4 Å². The van der Waals surface area contributed by atoms with E-state index in [4.69, 9.17) is 16.3 Å². The average molecular weight is 259 g/mol. The number of nitrogens with one attached hydrogen (secondary N) is 1. The molecule has 0 spiro atoms. The van der Waals surface area contributed by atoms with Crippen molar-refractivity contribution in [2.24, 2.45) is 0 Å². The van der Waals surface area contributed by atoms with E-state index in [-0.39, 0.29) is 12.4 Å². The summed E-state index contributed by atoms with van der Waals surface area (Å²) < 4.78 is 5.16. The summed E-state index contributed by atoms with van der Waals surface area (Å²) in [6.45, 7) is 0. The first-order chi connectivity index (χ1) is 7.35. The minimum atomic E-state index is 0. The number of rotatable bonds is 3. The molecule has 3 nitrogen and oxygen atoms in total. The summed E-state index contributed by atoms with van der Waals surface area (Å²) in [5.41, 5.74) is 2.81. The van der Waals surface area contributed by atoms with E-state index in [0.29, 0.717) is 5.88 Å². The van der Waals surface area contributed by atoms with Gasteiger partial charge in [0.1, 0.15) is 5.75 Å². The lowest BCUT2D eigenvalue weighted by Gasteiger charge is -2.03. The SMILES string of the molecule is COc1cccc(-c2nc[nH]c2CCl)c1.Cl. The highest BCUT2D eigenvalue weighted by molar-refractivity contribution is 6.17. The Hall–Kier alpha value is -1.19. The van der Waals surface area contributed by atoms with Gasteiger partial charge in [0, 0.05) is 5.56 Å². The maximum atomic E-state index is 5.79. The van der Waals surface area contributed by atoms with Crippen LogP contribution in [0.5, 0.6) is 5.75 Å². The van der Waals surface area contributed by atoms with Gasteiger partial charge in [-0.05, 0) is 12.1 Å². The molecule has 0 saturated heterocycles. The molecule has 2 aromatic rings. The third kappa shape index (κ3) is 2.49. The van der Waals surface area contributed by atoms with Gasteiger partial charge in [0.05, 0.1) is 30.7 Å². The largest absolute Gasteiger partial charge is 0.497 e. The molecule has 1 heterocycles. The second kappa shape index (κ2) is 5.77. The van der Waals surface area contributed by atoms with Gasteiger partial charge < -0.3 is 9.72 Å². The van der Waals surface area contributed by atoms with Crippen molar-refractivity contribution in [2.45, 2.75) is 5.88 Å². The Morgan fingerprint density at radius 1 is 1.44 bits per heavy atom. The zero-order valence-electron chi connectivity index (χ0n) is 8.74. The molecule has 1 aromatic carbocycles. The van der Waals surface area contributed by atoms with Gasteiger partial charge in [0.15, 0.2) is 0 Å². The molecule has 1 aromatic heterocycles. The van der Waals surface area contributed by atoms with Crippen molar-refractivity contribution in [2.75, 3.05) is 7.11 Å². The van der Waals surface area contributed by atoms with Crippen LogP contribution in [0.25, 0.3) is 11.3 Å². The summed E-state index contributed by atoms with van der Waals surface area (Å²) in [5.74, 6) is 1.24. The van der Waals surface area contributed by atoms with Gasteiger partial charge in [-0.2, -0.15) is 0 Å². The predicted octanol–water partition coefficient (Wildman–Crippen LogP) is 3.25. The van der Waals surface area contributed by atoms with Crippen LogP contribution < -0.4 is 4.74 Å². The van der Waals surface area contributed by atoms with E-state index >= 15 is 0 Å². The minimum absolute atomic E-state index is 0. The topological polar surface area (TPSA) is 37.9 Å². The van der Waals surface area contributed by atoms with Crippen molar-refractivity contribution in [1.29, 1.82) is 0 Å². The van der Waals surface area contributed by atoms with Gasteiger partial charge in [-0.15, -0.1) is 24.0 Å². The number of aromatic nitrogens is 2. The lowest BCUT2D eigenvalue weighted by atomic mass is 10.1. The number of halogens is 2. The zero-order chi connectivity index (χ0) is 10.7. The summed E-state index contributed by atoms with van der Waals surface area (Å²) in [6.07, 6.45) is 1.65. The van der Waals surface area contributed by atoms with Gasteiger partial charge >= 0.3 is 0 Å². The molecular weight excluding hydrogens is 247 g/mol. The van der Waals surface area contributed by atoms with E-state index in [9.17, 15) is 0 Å². The Balaban J connectivity index is 0.00000128. The lowest BCUT2D eigenvalue weighted by Crippen LogP contribution is -1.87. The highest BCUT2D eigenvalue weighted by Crippen LogP contribution is 2.25. The van der Waals surface area contributed by atoms with Gasteiger partial charge in [0.25, 0.3) is 0 Å². The first kappa shape index (κ1) is 12.9. The van der Waals surface area contributed by atoms with Gasteiger partial charge in [0.2, 0.25) is 0 Å². The van der Waals surface area contributed by atoms with Crippen molar-refractivity contribution in [3.05, 3.63) is 36.3 Å². The average Bonchev–Trinajstić information content (AvgIpc) is 2.77. The van der Waals surface area contributed by atoms with Crippen molar-refractivity contribution < 1.29 is 4.74 Å². The fourth-order valence-corrected chi connectivity index (χ4v) is 1.65. The van der Waals surface area contributed by atoms with Crippen molar-refractivity contribution in [1.82, 2.24) is 9.97 Å². The number of H-pyrrole nitrogens is 1. The van der Waals surface area contributed by atoms with Crippen LogP contribution in [0.3, 0.4) is 0 Å². The third-order valence-corrected chi connectivity index (χ3v) is 2.46. The molecule has 5 heteroatoms. The summed E-state index contributed by atoms with van der Waals surface area (Å²) >= 11 is 5.79. The normalized spacial score (nSPS) is 9.62. The molecule has 0 aliphatic heterocycles. The number of alkyl halides is 1. The fraction of sp³-hybridized carbons (Fsp3) is 0.182. The summed E-state index contributed by atoms with van der Waals surface area (Å²) in [4.78, 5) is 7.24. The number of imidazole rings is 1. The molecule has 0 atom stereocenters. The molecule has 0 radical (unpaired) electrons. The zero-order valence-corrected chi connectivity index (χ0v) is 10.3. The Morgan fingerprint density at radius 3 is 2.94 bits per heavy atom. The second-order valence-electron chi connectivity index (χ2n) is 3.10. The molecule has 0 saturated carbocycles. The van der Waals surface area contributed by atoms with Crippen LogP contribution in [0.1, 0.15) is 5.69 Å². The molecule has 1 N–H and O–H groups in total. The van der Waals surface area contributed by atoms with Crippen LogP contribution >= 0.6 is 24.0 Å². The number of aromatic amines is 1. The number of methoxy groups -OCH3 is 1. The van der Waals surface area contributed by atoms with E-state index in [0.717, 1.165) is 22.7 Å². The molecule has 0 bridgehead atoms. The Kier molecular flexibility index (Phi) is 4.65. The molecule has 2 rings (SSSR count). The molecule has 0 amide bonds. The number of hydrogen-bond acceptors (Lipinski definition) is 2. The van der Waals surface area contributed by atoms with E-state index in [1.165, 1.54) is 0 Å². The quantitative estimate of drug-likeness (QED) is 0.859. The van der Waals surface area contributed by atoms with Crippen molar-refractivity contribution in [3.8, 4) is 17.0 Å². The Bertz CT molecular complexity index is 457. The summed E-state index contributed by atoms with van der Waals surface area (Å²) in [6, 6.07) is 7.75. The van der Waals surface area contributed by atoms with Crippen LogP contribution in [0, 0.1) is 0 Å². The third-order valence-electron chi connectivity index (χ3n) is 2.20. The van der Waals surface area contributed by atoms with Crippen LogP contribution in [-0.2, 0) is 5.88 Å². The monoisotopic (exact) mass is 258 g/mol. The number of hydrogen-bond donors (Lipinski definition) is 1. The van der Waals surface area contributed by atoms with E-state index < -0.39 is 0 Å². The van der Waals surface area contributed by atoms with Gasteiger partial charge in [-0.1, -0.05) is 12.1 Å². The highest BCUT2D eigenvalue weighted by Gasteiger charge is 2.07. The lowest BCUT2D eigenvalue weighted by molar-refractivity contribution is 0.415. The number of benzene rings is 1. The van der Waals surface area contributed by atoms with Crippen LogP contribution in [0.4, 0.5) is 0 Å². The van der Waals surface area contributed by atoms with Crippen molar-refractivity contribution in [3.63, 3.8) is 0 Å². The Labute approximate surface area is 105 Å². The molecular formula is C11H12Cl2N2O. The van der Waals surface area contributed by atoms with E-state index in [2.05, 4.69) is 9.97 Å². The smallest absolute Gasteiger partial charge is 0.119 e. The standard InChI is InChI=1S/C11H11ClN2O.ClH/c1-15-9-4-2-3-8(5-9)11-10(6-12)13-7-14-11;/h2-5,7H,6H2,1H3,(H,13,14);1H.